The predicted octanol–water partition coefficient (Wildman–Crippen LogP) is 2.61. The van der Waals surface area contributed by atoms with E-state index in [0.29, 0.717) is 10.7 Å². The summed E-state index contributed by atoms with van der Waals surface area (Å²) in [4.78, 5) is 4.00. The van der Waals surface area contributed by atoms with E-state index in [1.165, 1.54) is 0 Å². The van der Waals surface area contributed by atoms with Crippen LogP contribution >= 0.6 is 11.6 Å². The Morgan fingerprint density at radius 2 is 2.00 bits per heavy atom. The van der Waals surface area contributed by atoms with E-state index >= 15 is 0 Å². The van der Waals surface area contributed by atoms with E-state index in [0.717, 1.165) is 11.3 Å². The summed E-state index contributed by atoms with van der Waals surface area (Å²) in [6.07, 6.45) is 1.63. The van der Waals surface area contributed by atoms with Gasteiger partial charge in [-0.2, -0.15) is 5.26 Å². The van der Waals surface area contributed by atoms with Crippen LogP contribution in [0.1, 0.15) is 5.69 Å². The largest absolute Gasteiger partial charge is 0.333 e. The number of rotatable bonds is 1. The van der Waals surface area contributed by atoms with Crippen molar-refractivity contribution in [3.63, 3.8) is 0 Å². The third-order valence-corrected chi connectivity index (χ3v) is 2.41. The van der Waals surface area contributed by atoms with Gasteiger partial charge >= 0.3 is 0 Å². The molecule has 2 aromatic rings. The highest BCUT2D eigenvalue weighted by Crippen LogP contribution is 2.23. The fourth-order valence-corrected chi connectivity index (χ4v) is 1.59. The fraction of sp³-hybridized carbons (Fsp3) is 0.0909. The summed E-state index contributed by atoms with van der Waals surface area (Å²) in [5, 5.41) is 9.58. The van der Waals surface area contributed by atoms with Crippen LogP contribution in [-0.2, 0) is 7.05 Å². The van der Waals surface area contributed by atoms with Crippen LogP contribution in [0.4, 0.5) is 0 Å². The smallest absolute Gasteiger partial charge is 0.166 e. The summed E-state index contributed by atoms with van der Waals surface area (Å²) < 4.78 is 1.82. The molecular weight excluding hydrogens is 210 g/mol. The van der Waals surface area contributed by atoms with Crippen molar-refractivity contribution >= 4 is 11.6 Å². The summed E-state index contributed by atoms with van der Waals surface area (Å²) in [7, 11) is 1.86. The summed E-state index contributed by atoms with van der Waals surface area (Å²) in [5.41, 5.74) is 2.19. The number of halogens is 1. The van der Waals surface area contributed by atoms with Crippen LogP contribution in [0.3, 0.4) is 0 Å². The van der Waals surface area contributed by atoms with Gasteiger partial charge < -0.3 is 4.57 Å². The molecule has 2 rings (SSSR count). The molecule has 0 fully saturated rings. The van der Waals surface area contributed by atoms with Crippen molar-refractivity contribution in [2.75, 3.05) is 0 Å². The van der Waals surface area contributed by atoms with Gasteiger partial charge in [0.2, 0.25) is 0 Å². The van der Waals surface area contributed by atoms with Crippen molar-refractivity contribution in [3.05, 3.63) is 41.3 Å². The third-order valence-electron chi connectivity index (χ3n) is 2.16. The first-order valence-electron chi connectivity index (χ1n) is 4.39. The van der Waals surface area contributed by atoms with Crippen molar-refractivity contribution in [1.29, 1.82) is 5.26 Å². The van der Waals surface area contributed by atoms with E-state index in [9.17, 15) is 0 Å². The average molecular weight is 218 g/mol. The molecule has 74 valence electrons. The van der Waals surface area contributed by atoms with E-state index in [1.807, 2.05) is 23.7 Å². The Labute approximate surface area is 92.6 Å². The second-order valence-corrected chi connectivity index (χ2v) is 3.61. The van der Waals surface area contributed by atoms with Crippen LogP contribution in [0.2, 0.25) is 5.02 Å². The molecule has 0 aliphatic carbocycles. The summed E-state index contributed by atoms with van der Waals surface area (Å²) >= 11 is 5.80. The topological polar surface area (TPSA) is 41.6 Å². The molecule has 0 saturated heterocycles. The predicted molar refractivity (Wildman–Crippen MR) is 58.4 cm³/mol. The van der Waals surface area contributed by atoms with E-state index in [-0.39, 0.29) is 0 Å². The van der Waals surface area contributed by atoms with Gasteiger partial charge in [0.25, 0.3) is 0 Å². The molecule has 0 saturated carbocycles. The minimum atomic E-state index is 0.430. The summed E-state index contributed by atoms with van der Waals surface area (Å²) in [6, 6.07) is 9.41. The van der Waals surface area contributed by atoms with E-state index in [4.69, 9.17) is 16.9 Å². The monoisotopic (exact) mass is 217 g/mol. The van der Waals surface area contributed by atoms with Gasteiger partial charge in [0.05, 0.1) is 12.0 Å². The molecule has 0 amide bonds. The SMILES string of the molecule is Cn1cnc(C#N)c1-c1ccc(Cl)cc1. The van der Waals surface area contributed by atoms with Crippen LogP contribution < -0.4 is 0 Å². The van der Waals surface area contributed by atoms with Gasteiger partial charge in [-0.25, -0.2) is 4.98 Å². The van der Waals surface area contributed by atoms with Gasteiger partial charge in [0, 0.05) is 17.6 Å². The lowest BCUT2D eigenvalue weighted by atomic mass is 10.1. The normalized spacial score (nSPS) is 9.93. The molecule has 0 N–H and O–H groups in total. The molecule has 0 atom stereocenters. The highest BCUT2D eigenvalue weighted by Gasteiger charge is 2.09. The molecule has 1 heterocycles. The number of nitriles is 1. The standard InChI is InChI=1S/C11H8ClN3/c1-15-7-14-10(6-13)11(15)8-2-4-9(12)5-3-8/h2-5,7H,1H3. The van der Waals surface area contributed by atoms with Gasteiger partial charge in [0.1, 0.15) is 6.07 Å². The maximum Gasteiger partial charge on any atom is 0.166 e. The van der Waals surface area contributed by atoms with E-state index < -0.39 is 0 Å². The minimum Gasteiger partial charge on any atom is -0.333 e. The molecule has 0 unspecified atom stereocenters. The molecule has 15 heavy (non-hydrogen) atoms. The van der Waals surface area contributed by atoms with Gasteiger partial charge in [0.15, 0.2) is 5.69 Å². The molecule has 0 radical (unpaired) electrons. The number of nitrogens with zero attached hydrogens (tertiary/aromatic N) is 3. The first-order chi connectivity index (χ1) is 7.22. The zero-order chi connectivity index (χ0) is 10.8. The maximum absolute atomic E-state index is 8.90. The van der Waals surface area contributed by atoms with Gasteiger partial charge in [-0.3, -0.25) is 0 Å². The molecule has 1 aromatic carbocycles. The average Bonchev–Trinajstić information content (AvgIpc) is 2.61. The van der Waals surface area contributed by atoms with Crippen molar-refractivity contribution in [2.24, 2.45) is 7.05 Å². The highest BCUT2D eigenvalue weighted by molar-refractivity contribution is 6.30. The Morgan fingerprint density at radius 1 is 1.33 bits per heavy atom. The van der Waals surface area contributed by atoms with E-state index in [1.54, 1.807) is 18.5 Å². The van der Waals surface area contributed by atoms with E-state index in [2.05, 4.69) is 11.1 Å². The van der Waals surface area contributed by atoms with Crippen LogP contribution in [0.5, 0.6) is 0 Å². The Bertz CT molecular complexity index is 520. The molecule has 4 heteroatoms. The third kappa shape index (κ3) is 1.72. The zero-order valence-electron chi connectivity index (χ0n) is 8.11. The lowest BCUT2D eigenvalue weighted by Gasteiger charge is -2.02. The molecule has 0 aliphatic heterocycles. The highest BCUT2D eigenvalue weighted by atomic mass is 35.5. The number of hydrogen-bond acceptors (Lipinski definition) is 2. The van der Waals surface area contributed by atoms with Crippen molar-refractivity contribution in [3.8, 4) is 17.3 Å². The number of aryl methyl sites for hydroxylation is 1. The van der Waals surface area contributed by atoms with Gasteiger partial charge in [-0.05, 0) is 12.1 Å². The van der Waals surface area contributed by atoms with Crippen LogP contribution in [0.25, 0.3) is 11.3 Å². The Morgan fingerprint density at radius 3 is 2.60 bits per heavy atom. The first kappa shape index (κ1) is 9.75. The van der Waals surface area contributed by atoms with Gasteiger partial charge in [-0.15, -0.1) is 0 Å². The quantitative estimate of drug-likeness (QED) is 0.737. The molecule has 0 aliphatic rings. The molecule has 3 nitrogen and oxygen atoms in total. The summed E-state index contributed by atoms with van der Waals surface area (Å²) in [6.45, 7) is 0. The van der Waals surface area contributed by atoms with Gasteiger partial charge in [-0.1, -0.05) is 23.7 Å². The van der Waals surface area contributed by atoms with Crippen molar-refractivity contribution < 1.29 is 0 Å². The van der Waals surface area contributed by atoms with Crippen LogP contribution in [0.15, 0.2) is 30.6 Å². The lowest BCUT2D eigenvalue weighted by Crippen LogP contribution is -1.91. The number of aromatic nitrogens is 2. The second kappa shape index (κ2) is 3.76. The number of imidazole rings is 1. The maximum atomic E-state index is 8.90. The minimum absolute atomic E-state index is 0.430. The first-order valence-corrected chi connectivity index (χ1v) is 4.77. The molecular formula is C11H8ClN3. The van der Waals surface area contributed by atoms with Crippen LogP contribution in [0, 0.1) is 11.3 Å². The second-order valence-electron chi connectivity index (χ2n) is 3.17. The Kier molecular flexibility index (Phi) is 2.44. The summed E-state index contributed by atoms with van der Waals surface area (Å²) in [5.74, 6) is 0. The van der Waals surface area contributed by atoms with Crippen molar-refractivity contribution in [2.45, 2.75) is 0 Å². The molecule has 0 spiro atoms. The fourth-order valence-electron chi connectivity index (χ4n) is 1.46. The lowest BCUT2D eigenvalue weighted by molar-refractivity contribution is 0.921. The molecule has 1 aromatic heterocycles. The molecule has 0 bridgehead atoms. The number of hydrogen-bond donors (Lipinski definition) is 0. The Hall–Kier alpha value is -1.79. The number of benzene rings is 1. The van der Waals surface area contributed by atoms with Crippen molar-refractivity contribution in [1.82, 2.24) is 9.55 Å². The van der Waals surface area contributed by atoms with Crippen LogP contribution in [-0.4, -0.2) is 9.55 Å². The zero-order valence-corrected chi connectivity index (χ0v) is 8.86. The Balaban J connectivity index is 2.59.